The molecule has 6 nitrogen and oxygen atoms in total. The van der Waals surface area contributed by atoms with E-state index in [1.54, 1.807) is 42.5 Å². The Kier molecular flexibility index (Phi) is 7.00. The summed E-state index contributed by atoms with van der Waals surface area (Å²) in [6.45, 7) is -0.302. The fourth-order valence-electron chi connectivity index (χ4n) is 1.69. The lowest BCUT2D eigenvalue weighted by Crippen LogP contribution is -2.49. The van der Waals surface area contributed by atoms with Gasteiger partial charge in [-0.25, -0.2) is 0 Å². The van der Waals surface area contributed by atoms with Gasteiger partial charge in [-0.1, -0.05) is 41.4 Å². The van der Waals surface area contributed by atoms with Crippen molar-refractivity contribution in [2.45, 2.75) is 0 Å². The molecule has 0 aliphatic carbocycles. The second-order valence-electron chi connectivity index (χ2n) is 4.69. The number of rotatable bonds is 4. The van der Waals surface area contributed by atoms with Gasteiger partial charge in [0.2, 0.25) is 0 Å². The Labute approximate surface area is 159 Å². The summed E-state index contributed by atoms with van der Waals surface area (Å²) in [5.41, 5.74) is 5.15. The molecule has 2 amide bonds. The van der Waals surface area contributed by atoms with E-state index >= 15 is 0 Å². The lowest BCUT2D eigenvalue weighted by Gasteiger charge is -2.12. The Balaban J connectivity index is 1.74. The van der Waals surface area contributed by atoms with Gasteiger partial charge in [0.05, 0.1) is 5.02 Å². The molecule has 2 aromatic rings. The van der Waals surface area contributed by atoms with Crippen LogP contribution in [0.4, 0.5) is 0 Å². The van der Waals surface area contributed by atoms with E-state index in [1.807, 2.05) is 0 Å². The topological polar surface area (TPSA) is 79.5 Å². The van der Waals surface area contributed by atoms with Gasteiger partial charge in [0.1, 0.15) is 5.75 Å². The zero-order valence-corrected chi connectivity index (χ0v) is 15.0. The minimum absolute atomic E-state index is 0.0493. The maximum absolute atomic E-state index is 11.9. The highest BCUT2D eigenvalue weighted by atomic mass is 35.5. The number of carbonyl (C=O) groups excluding carboxylic acids is 2. The quantitative estimate of drug-likeness (QED) is 0.545. The Morgan fingerprint density at radius 3 is 2.44 bits per heavy atom. The van der Waals surface area contributed by atoms with Crippen LogP contribution in [0.25, 0.3) is 0 Å². The second kappa shape index (κ2) is 9.22. The first-order valence-electron chi connectivity index (χ1n) is 6.99. The minimum atomic E-state index is -0.512. The van der Waals surface area contributed by atoms with Crippen LogP contribution in [0.1, 0.15) is 10.4 Å². The molecule has 0 bridgehead atoms. The molecule has 9 heteroatoms. The van der Waals surface area contributed by atoms with E-state index in [4.69, 9.17) is 40.2 Å². The fraction of sp³-hybridized carbons (Fsp3) is 0.0625. The number of hydrazine groups is 1. The van der Waals surface area contributed by atoms with Crippen LogP contribution in [0.2, 0.25) is 10.0 Å². The van der Waals surface area contributed by atoms with Crippen molar-refractivity contribution in [2.24, 2.45) is 0 Å². The molecule has 0 radical (unpaired) electrons. The Hall–Kier alpha value is -2.35. The van der Waals surface area contributed by atoms with E-state index in [-0.39, 0.29) is 11.7 Å². The number of hydrogen-bond donors (Lipinski definition) is 3. The number of nitrogens with one attached hydrogen (secondary N) is 3. The van der Waals surface area contributed by atoms with Crippen molar-refractivity contribution in [3.05, 3.63) is 64.1 Å². The molecule has 0 saturated carbocycles. The van der Waals surface area contributed by atoms with Crippen molar-refractivity contribution in [2.75, 3.05) is 6.61 Å². The van der Waals surface area contributed by atoms with Gasteiger partial charge in [0.15, 0.2) is 11.7 Å². The maximum atomic E-state index is 11.9. The first kappa shape index (κ1) is 19.0. The molecule has 0 aliphatic rings. The van der Waals surface area contributed by atoms with Gasteiger partial charge in [-0.3, -0.25) is 25.8 Å². The molecule has 0 saturated heterocycles. The number of hydrogen-bond acceptors (Lipinski definition) is 4. The fourth-order valence-corrected chi connectivity index (χ4v) is 2.30. The van der Waals surface area contributed by atoms with Crippen LogP contribution in [0.15, 0.2) is 48.5 Å². The summed E-state index contributed by atoms with van der Waals surface area (Å²) < 4.78 is 5.26. The van der Waals surface area contributed by atoms with Crippen molar-refractivity contribution in [3.63, 3.8) is 0 Å². The molecule has 0 unspecified atom stereocenters. The molecule has 0 aromatic heterocycles. The highest BCUT2D eigenvalue weighted by Gasteiger charge is 2.09. The minimum Gasteiger partial charge on any atom is -0.482 e. The van der Waals surface area contributed by atoms with Gasteiger partial charge in [-0.05, 0) is 42.5 Å². The predicted octanol–water partition coefficient (Wildman–Crippen LogP) is 2.71. The third-order valence-electron chi connectivity index (χ3n) is 2.83. The van der Waals surface area contributed by atoms with Gasteiger partial charge < -0.3 is 4.74 Å². The Morgan fingerprint density at radius 2 is 1.76 bits per heavy atom. The molecule has 130 valence electrons. The third-order valence-corrected chi connectivity index (χ3v) is 3.57. The molecule has 0 spiro atoms. The Bertz CT molecular complexity index is 787. The summed E-state index contributed by atoms with van der Waals surface area (Å²) in [5.74, 6) is -0.583. The molecule has 2 rings (SSSR count). The van der Waals surface area contributed by atoms with Crippen LogP contribution in [0.3, 0.4) is 0 Å². The van der Waals surface area contributed by atoms with Gasteiger partial charge in [-0.2, -0.15) is 0 Å². The van der Waals surface area contributed by atoms with Gasteiger partial charge in [0.25, 0.3) is 11.8 Å². The smallest absolute Gasteiger partial charge is 0.276 e. The van der Waals surface area contributed by atoms with Gasteiger partial charge in [-0.15, -0.1) is 0 Å². The van der Waals surface area contributed by atoms with Crippen LogP contribution < -0.4 is 20.9 Å². The molecule has 3 N–H and O–H groups in total. The number of halogens is 2. The summed E-state index contributed by atoms with van der Waals surface area (Å²) in [5, 5.41) is 3.13. The molecular formula is C16H13Cl2N3O3S. The SMILES string of the molecule is O=C(COc1ccc(Cl)cc1Cl)NNC(=S)NC(=O)c1ccccc1. The number of thiocarbonyl (C=S) groups is 1. The molecule has 0 fully saturated rings. The first-order chi connectivity index (χ1) is 12.0. The van der Waals surface area contributed by atoms with Crippen LogP contribution in [0, 0.1) is 0 Å². The van der Waals surface area contributed by atoms with E-state index in [0.29, 0.717) is 21.4 Å². The monoisotopic (exact) mass is 397 g/mol. The standard InChI is InChI=1S/C16H13Cl2N3O3S/c17-11-6-7-13(12(18)8-11)24-9-14(22)20-21-16(25)19-15(23)10-4-2-1-3-5-10/h1-8H,9H2,(H,20,22)(H2,19,21,23,25). The average Bonchev–Trinajstić information content (AvgIpc) is 2.60. The summed E-state index contributed by atoms with van der Waals surface area (Å²) in [4.78, 5) is 23.6. The largest absolute Gasteiger partial charge is 0.482 e. The van der Waals surface area contributed by atoms with E-state index < -0.39 is 11.8 Å². The van der Waals surface area contributed by atoms with Gasteiger partial charge in [0, 0.05) is 10.6 Å². The van der Waals surface area contributed by atoms with Crippen LogP contribution in [-0.4, -0.2) is 23.5 Å². The van der Waals surface area contributed by atoms with Crippen molar-refractivity contribution in [3.8, 4) is 5.75 Å². The van der Waals surface area contributed by atoms with Crippen molar-refractivity contribution in [1.29, 1.82) is 0 Å². The number of carbonyl (C=O) groups is 2. The number of ether oxygens (including phenoxy) is 1. The molecule has 0 heterocycles. The van der Waals surface area contributed by atoms with Crippen LogP contribution in [-0.2, 0) is 4.79 Å². The second-order valence-corrected chi connectivity index (χ2v) is 5.94. The van der Waals surface area contributed by atoms with Crippen molar-refractivity contribution in [1.82, 2.24) is 16.2 Å². The summed E-state index contributed by atoms with van der Waals surface area (Å²) in [6.07, 6.45) is 0. The zero-order valence-electron chi connectivity index (χ0n) is 12.7. The zero-order chi connectivity index (χ0) is 18.2. The molecule has 0 atom stereocenters. The lowest BCUT2D eigenvalue weighted by atomic mass is 10.2. The van der Waals surface area contributed by atoms with Gasteiger partial charge >= 0.3 is 0 Å². The van der Waals surface area contributed by atoms with Crippen molar-refractivity contribution >= 4 is 52.3 Å². The highest BCUT2D eigenvalue weighted by Crippen LogP contribution is 2.27. The van der Waals surface area contributed by atoms with E-state index in [0.717, 1.165) is 0 Å². The van der Waals surface area contributed by atoms with Crippen molar-refractivity contribution < 1.29 is 14.3 Å². The molecule has 2 aromatic carbocycles. The normalized spacial score (nSPS) is 9.84. The highest BCUT2D eigenvalue weighted by molar-refractivity contribution is 7.80. The Morgan fingerprint density at radius 1 is 1.04 bits per heavy atom. The number of benzene rings is 2. The lowest BCUT2D eigenvalue weighted by molar-refractivity contribution is -0.123. The molecule has 25 heavy (non-hydrogen) atoms. The maximum Gasteiger partial charge on any atom is 0.276 e. The van der Waals surface area contributed by atoms with Crippen LogP contribution >= 0.6 is 35.4 Å². The average molecular weight is 398 g/mol. The van der Waals surface area contributed by atoms with E-state index in [2.05, 4.69) is 16.2 Å². The van der Waals surface area contributed by atoms with E-state index in [9.17, 15) is 9.59 Å². The number of amides is 2. The van der Waals surface area contributed by atoms with Crippen LogP contribution in [0.5, 0.6) is 5.75 Å². The first-order valence-corrected chi connectivity index (χ1v) is 8.15. The molecule has 0 aliphatic heterocycles. The summed E-state index contributed by atoms with van der Waals surface area (Å²) in [7, 11) is 0. The molecular weight excluding hydrogens is 385 g/mol. The summed E-state index contributed by atoms with van der Waals surface area (Å²) >= 11 is 16.6. The predicted molar refractivity (Wildman–Crippen MR) is 99.7 cm³/mol. The third kappa shape index (κ3) is 6.22. The van der Waals surface area contributed by atoms with E-state index in [1.165, 1.54) is 6.07 Å². The summed E-state index contributed by atoms with van der Waals surface area (Å²) in [6, 6.07) is 13.2.